The van der Waals surface area contributed by atoms with Crippen molar-refractivity contribution in [3.05, 3.63) is 46.7 Å². The van der Waals surface area contributed by atoms with E-state index in [9.17, 15) is 0 Å². The zero-order chi connectivity index (χ0) is 13.7. The summed E-state index contributed by atoms with van der Waals surface area (Å²) in [7, 11) is 1.97. The number of halogens is 1. The standard InChI is InChI=1S/C14H18BrN3S/c1-18-13(8-9-17-18)5-4-12(16)10-19-14-6-2-11(15)3-7-14/h2-3,6-9,12H,4-5,10,16H2,1H3. The van der Waals surface area contributed by atoms with Crippen LogP contribution in [0.15, 0.2) is 45.9 Å². The SMILES string of the molecule is Cn1nccc1CCC(N)CSc1ccc(Br)cc1. The van der Waals surface area contributed by atoms with Gasteiger partial charge in [-0.3, -0.25) is 4.68 Å². The van der Waals surface area contributed by atoms with Gasteiger partial charge in [-0.25, -0.2) is 0 Å². The summed E-state index contributed by atoms with van der Waals surface area (Å²) in [6, 6.07) is 10.6. The molecule has 1 heterocycles. The minimum Gasteiger partial charge on any atom is -0.327 e. The van der Waals surface area contributed by atoms with Crippen molar-refractivity contribution in [2.75, 3.05) is 5.75 Å². The highest BCUT2D eigenvalue weighted by Gasteiger charge is 2.06. The van der Waals surface area contributed by atoms with E-state index in [2.05, 4.69) is 51.4 Å². The van der Waals surface area contributed by atoms with Crippen molar-refractivity contribution in [2.45, 2.75) is 23.8 Å². The Balaban J connectivity index is 1.74. The van der Waals surface area contributed by atoms with E-state index in [1.807, 2.05) is 29.7 Å². The second-order valence-corrected chi connectivity index (χ2v) is 6.52. The number of thioether (sulfide) groups is 1. The number of hydrogen-bond donors (Lipinski definition) is 1. The summed E-state index contributed by atoms with van der Waals surface area (Å²) in [5.41, 5.74) is 7.40. The molecule has 1 aromatic heterocycles. The third-order valence-corrected chi connectivity index (χ3v) is 4.70. The van der Waals surface area contributed by atoms with Crippen molar-refractivity contribution < 1.29 is 0 Å². The first-order chi connectivity index (χ1) is 9.15. The van der Waals surface area contributed by atoms with Crippen LogP contribution in [0, 0.1) is 0 Å². The third kappa shape index (κ3) is 4.67. The lowest BCUT2D eigenvalue weighted by Crippen LogP contribution is -2.23. The molecule has 0 saturated carbocycles. The fraction of sp³-hybridized carbons (Fsp3) is 0.357. The molecule has 2 aromatic rings. The van der Waals surface area contributed by atoms with Crippen molar-refractivity contribution in [3.63, 3.8) is 0 Å². The minimum absolute atomic E-state index is 0.212. The van der Waals surface area contributed by atoms with Crippen LogP contribution in [0.4, 0.5) is 0 Å². The van der Waals surface area contributed by atoms with Crippen LogP contribution in [-0.4, -0.2) is 21.6 Å². The molecule has 0 fully saturated rings. The lowest BCUT2D eigenvalue weighted by Gasteiger charge is -2.11. The summed E-state index contributed by atoms with van der Waals surface area (Å²) in [4.78, 5) is 1.26. The summed E-state index contributed by atoms with van der Waals surface area (Å²) >= 11 is 5.25. The normalized spacial score (nSPS) is 12.6. The second-order valence-electron chi connectivity index (χ2n) is 4.51. The van der Waals surface area contributed by atoms with E-state index in [-0.39, 0.29) is 6.04 Å². The minimum atomic E-state index is 0.212. The van der Waals surface area contributed by atoms with Gasteiger partial charge in [-0.2, -0.15) is 5.10 Å². The quantitative estimate of drug-likeness (QED) is 0.821. The van der Waals surface area contributed by atoms with Crippen LogP contribution in [-0.2, 0) is 13.5 Å². The van der Waals surface area contributed by atoms with E-state index in [0.717, 1.165) is 23.1 Å². The molecule has 5 heteroatoms. The highest BCUT2D eigenvalue weighted by Crippen LogP contribution is 2.21. The number of rotatable bonds is 6. The molecule has 0 aliphatic rings. The Morgan fingerprint density at radius 2 is 2.05 bits per heavy atom. The number of benzene rings is 1. The average Bonchev–Trinajstić information content (AvgIpc) is 2.81. The van der Waals surface area contributed by atoms with Crippen LogP contribution in [0.1, 0.15) is 12.1 Å². The first kappa shape index (κ1) is 14.6. The molecule has 19 heavy (non-hydrogen) atoms. The zero-order valence-electron chi connectivity index (χ0n) is 10.9. The zero-order valence-corrected chi connectivity index (χ0v) is 13.3. The molecule has 0 spiro atoms. The van der Waals surface area contributed by atoms with Gasteiger partial charge < -0.3 is 5.73 Å². The van der Waals surface area contributed by atoms with E-state index in [1.54, 1.807) is 0 Å². The molecular weight excluding hydrogens is 322 g/mol. The van der Waals surface area contributed by atoms with Crippen LogP contribution >= 0.6 is 27.7 Å². The molecule has 2 rings (SSSR count). The summed E-state index contributed by atoms with van der Waals surface area (Å²) in [6.45, 7) is 0. The highest BCUT2D eigenvalue weighted by molar-refractivity contribution is 9.10. The predicted octanol–water partition coefficient (Wildman–Crippen LogP) is 3.23. The monoisotopic (exact) mass is 339 g/mol. The molecular formula is C14H18BrN3S. The molecule has 0 bridgehead atoms. The van der Waals surface area contributed by atoms with Crippen LogP contribution in [0.5, 0.6) is 0 Å². The number of nitrogens with two attached hydrogens (primary N) is 1. The van der Waals surface area contributed by atoms with Crippen molar-refractivity contribution in [1.82, 2.24) is 9.78 Å². The largest absolute Gasteiger partial charge is 0.327 e. The molecule has 0 amide bonds. The van der Waals surface area contributed by atoms with Gasteiger partial charge >= 0.3 is 0 Å². The Labute approximate surface area is 126 Å². The van der Waals surface area contributed by atoms with E-state index in [4.69, 9.17) is 5.73 Å². The topological polar surface area (TPSA) is 43.8 Å². The highest BCUT2D eigenvalue weighted by atomic mass is 79.9. The van der Waals surface area contributed by atoms with Crippen molar-refractivity contribution >= 4 is 27.7 Å². The van der Waals surface area contributed by atoms with Gasteiger partial charge in [0.2, 0.25) is 0 Å². The molecule has 1 aromatic carbocycles. The molecule has 1 atom stereocenters. The van der Waals surface area contributed by atoms with E-state index in [1.165, 1.54) is 10.6 Å². The van der Waals surface area contributed by atoms with Gasteiger partial charge in [-0.05, 0) is 43.2 Å². The molecule has 102 valence electrons. The summed E-state index contributed by atoms with van der Waals surface area (Å²) in [5, 5.41) is 4.16. The van der Waals surface area contributed by atoms with Gasteiger partial charge in [0.05, 0.1) is 0 Å². The fourth-order valence-corrected chi connectivity index (χ4v) is 2.96. The number of aromatic nitrogens is 2. The van der Waals surface area contributed by atoms with Gasteiger partial charge in [0.15, 0.2) is 0 Å². The molecule has 2 N–H and O–H groups in total. The molecule has 0 aliphatic heterocycles. The van der Waals surface area contributed by atoms with Gasteiger partial charge in [0, 0.05) is 40.1 Å². The first-order valence-electron chi connectivity index (χ1n) is 6.26. The number of aryl methyl sites for hydroxylation is 2. The molecule has 3 nitrogen and oxygen atoms in total. The predicted molar refractivity (Wildman–Crippen MR) is 84.4 cm³/mol. The molecule has 0 aliphatic carbocycles. The third-order valence-electron chi connectivity index (χ3n) is 2.97. The second kappa shape index (κ2) is 7.12. The number of nitrogens with zero attached hydrogens (tertiary/aromatic N) is 2. The van der Waals surface area contributed by atoms with E-state index < -0.39 is 0 Å². The maximum absolute atomic E-state index is 6.16. The van der Waals surface area contributed by atoms with Gasteiger partial charge in [0.25, 0.3) is 0 Å². The summed E-state index contributed by atoms with van der Waals surface area (Å²) in [6.07, 6.45) is 3.80. The maximum Gasteiger partial charge on any atom is 0.0492 e. The summed E-state index contributed by atoms with van der Waals surface area (Å²) in [5.74, 6) is 0.944. The smallest absolute Gasteiger partial charge is 0.0492 e. The molecule has 0 radical (unpaired) electrons. The van der Waals surface area contributed by atoms with Crippen LogP contribution < -0.4 is 5.73 Å². The Morgan fingerprint density at radius 3 is 2.68 bits per heavy atom. The Hall–Kier alpha value is -0.780. The van der Waals surface area contributed by atoms with Crippen molar-refractivity contribution in [1.29, 1.82) is 0 Å². The lowest BCUT2D eigenvalue weighted by atomic mass is 10.1. The fourth-order valence-electron chi connectivity index (χ4n) is 1.80. The van der Waals surface area contributed by atoms with Gasteiger partial charge in [0.1, 0.15) is 0 Å². The van der Waals surface area contributed by atoms with E-state index in [0.29, 0.717) is 0 Å². The average molecular weight is 340 g/mol. The number of hydrogen-bond acceptors (Lipinski definition) is 3. The van der Waals surface area contributed by atoms with Gasteiger partial charge in [-0.1, -0.05) is 15.9 Å². The van der Waals surface area contributed by atoms with Crippen LogP contribution in [0.2, 0.25) is 0 Å². The van der Waals surface area contributed by atoms with E-state index >= 15 is 0 Å². The first-order valence-corrected chi connectivity index (χ1v) is 8.04. The molecule has 0 saturated heterocycles. The van der Waals surface area contributed by atoms with Crippen LogP contribution in [0.3, 0.4) is 0 Å². The van der Waals surface area contributed by atoms with Gasteiger partial charge in [-0.15, -0.1) is 11.8 Å². The van der Waals surface area contributed by atoms with Crippen molar-refractivity contribution in [3.8, 4) is 0 Å². The van der Waals surface area contributed by atoms with Crippen LogP contribution in [0.25, 0.3) is 0 Å². The maximum atomic E-state index is 6.16. The summed E-state index contributed by atoms with van der Waals surface area (Å²) < 4.78 is 3.02. The van der Waals surface area contributed by atoms with Crippen molar-refractivity contribution in [2.24, 2.45) is 12.8 Å². The molecule has 1 unspecified atom stereocenters. The Bertz CT molecular complexity index is 510. The lowest BCUT2D eigenvalue weighted by molar-refractivity contribution is 0.629. The Kier molecular flexibility index (Phi) is 5.48. The Morgan fingerprint density at radius 1 is 1.32 bits per heavy atom.